The lowest BCUT2D eigenvalue weighted by Gasteiger charge is -2.33. The normalized spacial score (nSPS) is 25.8. The van der Waals surface area contributed by atoms with E-state index < -0.39 is 5.60 Å². The van der Waals surface area contributed by atoms with Gasteiger partial charge in [0.2, 0.25) is 0 Å². The van der Waals surface area contributed by atoms with Gasteiger partial charge in [-0.1, -0.05) is 0 Å². The molecule has 0 unspecified atom stereocenters. The minimum Gasteiger partial charge on any atom is -0.385 e. The quantitative estimate of drug-likeness (QED) is 0.797. The van der Waals surface area contributed by atoms with Gasteiger partial charge in [-0.25, -0.2) is 9.50 Å². The molecule has 1 atom stereocenters. The fourth-order valence-corrected chi connectivity index (χ4v) is 4.06. The van der Waals surface area contributed by atoms with Crippen LogP contribution in [-0.4, -0.2) is 81.0 Å². The molecule has 0 aliphatic carbocycles. The van der Waals surface area contributed by atoms with Gasteiger partial charge in [0, 0.05) is 44.0 Å². The van der Waals surface area contributed by atoms with Crippen LogP contribution in [0.15, 0.2) is 16.9 Å². The van der Waals surface area contributed by atoms with Crippen LogP contribution in [0.2, 0.25) is 0 Å². The van der Waals surface area contributed by atoms with Gasteiger partial charge in [-0.15, -0.1) is 0 Å². The maximum atomic E-state index is 12.3. The molecule has 0 saturated carbocycles. The van der Waals surface area contributed by atoms with Crippen LogP contribution in [0.25, 0.3) is 5.65 Å². The number of fused-ring (bicyclic) bond motifs is 1. The van der Waals surface area contributed by atoms with Gasteiger partial charge in [-0.2, -0.15) is 0 Å². The van der Waals surface area contributed by atoms with Crippen LogP contribution in [0.3, 0.4) is 0 Å². The van der Waals surface area contributed by atoms with E-state index in [1.807, 2.05) is 13.0 Å². The highest BCUT2D eigenvalue weighted by Gasteiger charge is 2.35. The summed E-state index contributed by atoms with van der Waals surface area (Å²) in [5, 5.41) is 14.1. The van der Waals surface area contributed by atoms with Crippen LogP contribution >= 0.6 is 0 Å². The van der Waals surface area contributed by atoms with Crippen LogP contribution in [0.5, 0.6) is 0 Å². The predicted octanol–water partition coefficient (Wildman–Crippen LogP) is -0.00988. The molecule has 8 nitrogen and oxygen atoms in total. The van der Waals surface area contributed by atoms with Gasteiger partial charge in [0.05, 0.1) is 18.9 Å². The van der Waals surface area contributed by atoms with Gasteiger partial charge < -0.3 is 14.7 Å². The zero-order chi connectivity index (χ0) is 18.1. The molecule has 2 fully saturated rings. The van der Waals surface area contributed by atoms with E-state index in [0.717, 1.165) is 31.0 Å². The van der Waals surface area contributed by atoms with E-state index in [1.165, 1.54) is 17.4 Å². The maximum absolute atomic E-state index is 12.3. The molecule has 0 bridgehead atoms. The predicted molar refractivity (Wildman–Crippen MR) is 97.3 cm³/mol. The van der Waals surface area contributed by atoms with Gasteiger partial charge in [-0.05, 0) is 32.9 Å². The molecule has 2 aliphatic heterocycles. The third kappa shape index (κ3) is 3.83. The van der Waals surface area contributed by atoms with Crippen LogP contribution in [0, 0.1) is 6.92 Å². The zero-order valence-corrected chi connectivity index (χ0v) is 15.3. The zero-order valence-electron chi connectivity index (χ0n) is 15.3. The summed E-state index contributed by atoms with van der Waals surface area (Å²) in [6, 6.07) is 3.42. The van der Waals surface area contributed by atoms with Crippen molar-refractivity contribution in [1.29, 1.82) is 0 Å². The molecule has 2 aromatic rings. The number of likely N-dealkylation sites (tertiary alicyclic amines) is 1. The fourth-order valence-electron chi connectivity index (χ4n) is 4.06. The van der Waals surface area contributed by atoms with Crippen molar-refractivity contribution >= 4 is 5.65 Å². The summed E-state index contributed by atoms with van der Waals surface area (Å²) in [5.74, 6) is 0. The maximum Gasteiger partial charge on any atom is 0.272 e. The minimum atomic E-state index is -0.884. The summed E-state index contributed by atoms with van der Waals surface area (Å²) in [6.07, 6.45) is 2.40. The molecule has 0 spiro atoms. The topological polar surface area (TPSA) is 86.1 Å². The Morgan fingerprint density at radius 3 is 2.88 bits per heavy atom. The molecule has 4 heterocycles. The summed E-state index contributed by atoms with van der Waals surface area (Å²) in [4.78, 5) is 21.3. The molecule has 26 heavy (non-hydrogen) atoms. The van der Waals surface area contributed by atoms with E-state index in [9.17, 15) is 9.90 Å². The number of nitrogens with one attached hydrogen (secondary N) is 1. The van der Waals surface area contributed by atoms with Crippen molar-refractivity contribution in [3.05, 3.63) is 33.9 Å². The Labute approximate surface area is 152 Å². The Bertz CT molecular complexity index is 826. The van der Waals surface area contributed by atoms with E-state index in [-0.39, 0.29) is 5.56 Å². The Morgan fingerprint density at radius 1 is 1.27 bits per heavy atom. The third-order valence-electron chi connectivity index (χ3n) is 5.17. The monoisotopic (exact) mass is 361 g/mol. The number of β-amino-alcohol motifs (C(OH)–C–C–N with tert-alkyl or cyclic N) is 1. The Kier molecular flexibility index (Phi) is 4.83. The SMILES string of the molecule is Cc1cc2nc(CN3CCOC[C@](O)(CN4CCCC4)C3)cc(=O)n2[nH]1. The number of aromatic amines is 1. The first kappa shape index (κ1) is 17.7. The van der Waals surface area contributed by atoms with E-state index in [4.69, 9.17) is 4.74 Å². The molecular weight excluding hydrogens is 334 g/mol. The largest absolute Gasteiger partial charge is 0.385 e. The number of hydrogen-bond acceptors (Lipinski definition) is 6. The molecule has 8 heteroatoms. The van der Waals surface area contributed by atoms with Crippen molar-refractivity contribution in [2.45, 2.75) is 31.9 Å². The molecule has 2 N–H and O–H groups in total. The first-order valence-corrected chi connectivity index (χ1v) is 9.34. The molecule has 4 rings (SSSR count). The van der Waals surface area contributed by atoms with Crippen molar-refractivity contribution in [3.8, 4) is 0 Å². The molecule has 0 radical (unpaired) electrons. The number of hydrogen-bond donors (Lipinski definition) is 2. The number of aliphatic hydroxyl groups is 1. The molecule has 0 amide bonds. The second-order valence-corrected chi connectivity index (χ2v) is 7.69. The second kappa shape index (κ2) is 7.11. The summed E-state index contributed by atoms with van der Waals surface area (Å²) >= 11 is 0. The van der Waals surface area contributed by atoms with Crippen LogP contribution < -0.4 is 5.56 Å². The highest BCUT2D eigenvalue weighted by atomic mass is 16.5. The third-order valence-corrected chi connectivity index (χ3v) is 5.17. The van der Waals surface area contributed by atoms with Gasteiger partial charge in [0.1, 0.15) is 5.60 Å². The van der Waals surface area contributed by atoms with Crippen molar-refractivity contribution < 1.29 is 9.84 Å². The van der Waals surface area contributed by atoms with Gasteiger partial charge in [0.25, 0.3) is 5.56 Å². The van der Waals surface area contributed by atoms with Crippen molar-refractivity contribution in [2.75, 3.05) is 45.9 Å². The number of aromatic nitrogens is 3. The lowest BCUT2D eigenvalue weighted by molar-refractivity contribution is -0.0549. The number of rotatable bonds is 4. The average molecular weight is 361 g/mol. The highest BCUT2D eigenvalue weighted by Crippen LogP contribution is 2.19. The van der Waals surface area contributed by atoms with Crippen molar-refractivity contribution in [2.24, 2.45) is 0 Å². The summed E-state index contributed by atoms with van der Waals surface area (Å²) in [6.45, 7) is 7.33. The standard InChI is InChI=1S/C18H27N5O3/c1-14-8-16-19-15(9-17(24)23(16)20-14)10-22-6-7-26-13-18(25,12-22)11-21-4-2-3-5-21/h8-9,20,25H,2-7,10-13H2,1H3/t18-/m0/s1. The minimum absolute atomic E-state index is 0.114. The average Bonchev–Trinajstić information content (AvgIpc) is 3.16. The van der Waals surface area contributed by atoms with Gasteiger partial charge in [-0.3, -0.25) is 14.8 Å². The smallest absolute Gasteiger partial charge is 0.272 e. The van der Waals surface area contributed by atoms with Gasteiger partial charge in [0.15, 0.2) is 5.65 Å². The van der Waals surface area contributed by atoms with Crippen molar-refractivity contribution in [1.82, 2.24) is 24.4 Å². The lowest BCUT2D eigenvalue weighted by atomic mass is 10.0. The summed E-state index contributed by atoms with van der Waals surface area (Å²) in [5.41, 5.74) is 1.25. The van der Waals surface area contributed by atoms with E-state index in [2.05, 4.69) is 19.9 Å². The first-order chi connectivity index (χ1) is 12.5. The Hall–Kier alpha value is -1.74. The van der Waals surface area contributed by atoms with Gasteiger partial charge >= 0.3 is 0 Å². The lowest BCUT2D eigenvalue weighted by Crippen LogP contribution is -2.51. The molecule has 2 aliphatic rings. The second-order valence-electron chi connectivity index (χ2n) is 7.69. The van der Waals surface area contributed by atoms with E-state index in [0.29, 0.717) is 38.5 Å². The van der Waals surface area contributed by atoms with Crippen LogP contribution in [0.1, 0.15) is 24.2 Å². The van der Waals surface area contributed by atoms with Crippen LogP contribution in [0.4, 0.5) is 0 Å². The molecule has 142 valence electrons. The van der Waals surface area contributed by atoms with Crippen molar-refractivity contribution in [3.63, 3.8) is 0 Å². The Balaban J connectivity index is 1.50. The number of ether oxygens (including phenoxy) is 1. The summed E-state index contributed by atoms with van der Waals surface area (Å²) < 4.78 is 7.13. The number of nitrogens with zero attached hydrogens (tertiary/aromatic N) is 4. The molecule has 2 aromatic heterocycles. The fraction of sp³-hybridized carbons (Fsp3) is 0.667. The van der Waals surface area contributed by atoms with Crippen LogP contribution in [-0.2, 0) is 11.3 Å². The molecule has 0 aromatic carbocycles. The number of H-pyrrole nitrogens is 1. The highest BCUT2D eigenvalue weighted by molar-refractivity contribution is 5.39. The van der Waals surface area contributed by atoms with E-state index in [1.54, 1.807) is 6.07 Å². The molecular formula is C18H27N5O3. The Morgan fingerprint density at radius 2 is 2.08 bits per heavy atom. The number of aryl methyl sites for hydroxylation is 1. The van der Waals surface area contributed by atoms with E-state index >= 15 is 0 Å². The summed E-state index contributed by atoms with van der Waals surface area (Å²) in [7, 11) is 0. The first-order valence-electron chi connectivity index (χ1n) is 9.34. The molecule has 2 saturated heterocycles.